The second-order valence-electron chi connectivity index (χ2n) is 4.49. The Balaban J connectivity index is 2.17. The lowest BCUT2D eigenvalue weighted by Gasteiger charge is -2.07. The molecule has 1 N–H and O–H groups in total. The number of nitrogens with one attached hydrogen (secondary N) is 1. The Hall–Kier alpha value is -2.13. The zero-order valence-electron chi connectivity index (χ0n) is 11.2. The normalized spacial score (nSPS) is 10.8. The van der Waals surface area contributed by atoms with Gasteiger partial charge in [-0.3, -0.25) is 0 Å². The number of hydrogen-bond acceptors (Lipinski definition) is 2. The van der Waals surface area contributed by atoms with Crippen LogP contribution in [0.3, 0.4) is 0 Å². The predicted octanol–water partition coefficient (Wildman–Crippen LogP) is 4.51. The highest BCUT2D eigenvalue weighted by molar-refractivity contribution is 6.35. The first-order valence-corrected chi connectivity index (χ1v) is 6.60. The van der Waals surface area contributed by atoms with E-state index in [1.165, 1.54) is 0 Å². The predicted molar refractivity (Wildman–Crippen MR) is 81.8 cm³/mol. The highest BCUT2D eigenvalue weighted by atomic mass is 35.5. The van der Waals surface area contributed by atoms with E-state index in [-0.39, 0.29) is 0 Å². The summed E-state index contributed by atoms with van der Waals surface area (Å²) in [5.41, 5.74) is 2.98. The smallest absolute Gasteiger partial charge is 0.123 e. The van der Waals surface area contributed by atoms with Crippen LogP contribution >= 0.6 is 11.6 Å². The topological polar surface area (TPSA) is 34.2 Å². The van der Waals surface area contributed by atoms with Crippen LogP contribution in [0.4, 0.5) is 0 Å². The zero-order valence-corrected chi connectivity index (χ0v) is 12.0. The van der Waals surface area contributed by atoms with E-state index in [1.54, 1.807) is 14.2 Å². The number of rotatable bonds is 3. The fraction of sp³-hybridized carbons (Fsp3) is 0.125. The van der Waals surface area contributed by atoms with Crippen molar-refractivity contribution in [2.45, 2.75) is 0 Å². The van der Waals surface area contributed by atoms with E-state index in [0.29, 0.717) is 0 Å². The van der Waals surface area contributed by atoms with Crippen molar-refractivity contribution < 1.29 is 9.47 Å². The number of ether oxygens (including phenoxy) is 2. The molecule has 0 bridgehead atoms. The van der Waals surface area contributed by atoms with E-state index in [9.17, 15) is 0 Å². The maximum Gasteiger partial charge on any atom is 0.123 e. The zero-order chi connectivity index (χ0) is 14.1. The molecule has 102 valence electrons. The number of benzene rings is 2. The van der Waals surface area contributed by atoms with Gasteiger partial charge < -0.3 is 14.5 Å². The van der Waals surface area contributed by atoms with Crippen molar-refractivity contribution in [3.63, 3.8) is 0 Å². The monoisotopic (exact) mass is 287 g/mol. The Bertz CT molecular complexity index is 742. The summed E-state index contributed by atoms with van der Waals surface area (Å²) in [6, 6.07) is 13.6. The van der Waals surface area contributed by atoms with E-state index < -0.39 is 0 Å². The summed E-state index contributed by atoms with van der Waals surface area (Å²) in [6.45, 7) is 0. The highest BCUT2D eigenvalue weighted by Crippen LogP contribution is 2.33. The van der Waals surface area contributed by atoms with Gasteiger partial charge in [0, 0.05) is 33.2 Å². The quantitative estimate of drug-likeness (QED) is 0.769. The maximum atomic E-state index is 6.21. The van der Waals surface area contributed by atoms with Gasteiger partial charge in [-0.1, -0.05) is 17.7 Å². The minimum atomic E-state index is 0.736. The summed E-state index contributed by atoms with van der Waals surface area (Å²) in [5, 5.41) is 1.74. The van der Waals surface area contributed by atoms with E-state index >= 15 is 0 Å². The molecule has 20 heavy (non-hydrogen) atoms. The SMILES string of the molecule is COc1cc(OC)cc(-c2cc3c(Cl)cccc3[nH]2)c1. The van der Waals surface area contributed by atoms with Crippen molar-refractivity contribution in [2.75, 3.05) is 14.2 Å². The van der Waals surface area contributed by atoms with Crippen molar-refractivity contribution in [3.05, 3.63) is 47.5 Å². The lowest BCUT2D eigenvalue weighted by molar-refractivity contribution is 0.394. The Labute approximate surface area is 122 Å². The minimum Gasteiger partial charge on any atom is -0.497 e. The third kappa shape index (κ3) is 2.21. The molecule has 0 aliphatic heterocycles. The Morgan fingerprint density at radius 2 is 1.65 bits per heavy atom. The molecule has 0 spiro atoms. The summed E-state index contributed by atoms with van der Waals surface area (Å²) in [7, 11) is 3.28. The molecule has 1 heterocycles. The van der Waals surface area contributed by atoms with Gasteiger partial charge in [-0.05, 0) is 30.3 Å². The third-order valence-electron chi connectivity index (χ3n) is 3.27. The fourth-order valence-electron chi connectivity index (χ4n) is 2.24. The summed E-state index contributed by atoms with van der Waals surface area (Å²) in [6.07, 6.45) is 0. The van der Waals surface area contributed by atoms with Gasteiger partial charge in [-0.2, -0.15) is 0 Å². The van der Waals surface area contributed by atoms with Crippen LogP contribution in [-0.4, -0.2) is 19.2 Å². The van der Waals surface area contributed by atoms with Gasteiger partial charge >= 0.3 is 0 Å². The van der Waals surface area contributed by atoms with Crippen molar-refractivity contribution >= 4 is 22.5 Å². The van der Waals surface area contributed by atoms with Crippen LogP contribution in [0.2, 0.25) is 5.02 Å². The number of aromatic amines is 1. The molecule has 0 saturated heterocycles. The van der Waals surface area contributed by atoms with Crippen molar-refractivity contribution in [1.29, 1.82) is 0 Å². The molecule has 0 unspecified atom stereocenters. The van der Waals surface area contributed by atoms with Gasteiger partial charge in [0.25, 0.3) is 0 Å². The minimum absolute atomic E-state index is 0.736. The number of aromatic nitrogens is 1. The second kappa shape index (κ2) is 5.10. The molecule has 0 amide bonds. The molecule has 3 rings (SSSR count). The van der Waals surface area contributed by atoms with Crippen LogP contribution in [0.1, 0.15) is 0 Å². The molecule has 0 fully saturated rings. The van der Waals surface area contributed by atoms with Gasteiger partial charge in [0.15, 0.2) is 0 Å². The number of fused-ring (bicyclic) bond motifs is 1. The molecular formula is C16H14ClNO2. The molecule has 0 atom stereocenters. The molecule has 0 aliphatic carbocycles. The van der Waals surface area contributed by atoms with E-state index in [2.05, 4.69) is 4.98 Å². The van der Waals surface area contributed by atoms with E-state index in [1.807, 2.05) is 42.5 Å². The van der Waals surface area contributed by atoms with Gasteiger partial charge in [0.2, 0.25) is 0 Å². The first kappa shape index (κ1) is 12.9. The molecule has 3 aromatic rings. The average molecular weight is 288 g/mol. The van der Waals surface area contributed by atoms with Gasteiger partial charge in [-0.15, -0.1) is 0 Å². The first-order chi connectivity index (χ1) is 9.71. The van der Waals surface area contributed by atoms with Crippen LogP contribution in [0.5, 0.6) is 11.5 Å². The summed E-state index contributed by atoms with van der Waals surface area (Å²) >= 11 is 6.21. The molecular weight excluding hydrogens is 274 g/mol. The van der Waals surface area contributed by atoms with Crippen molar-refractivity contribution in [1.82, 2.24) is 4.98 Å². The summed E-state index contributed by atoms with van der Waals surface area (Å²) in [5.74, 6) is 1.51. The first-order valence-electron chi connectivity index (χ1n) is 6.22. The van der Waals surface area contributed by atoms with Crippen LogP contribution in [0.15, 0.2) is 42.5 Å². The lowest BCUT2D eigenvalue weighted by Crippen LogP contribution is -1.88. The second-order valence-corrected chi connectivity index (χ2v) is 4.89. The third-order valence-corrected chi connectivity index (χ3v) is 3.60. The Kier molecular flexibility index (Phi) is 3.28. The standard InChI is InChI=1S/C16H14ClNO2/c1-19-11-6-10(7-12(8-11)20-2)16-9-13-14(17)4-3-5-15(13)18-16/h3-9,18H,1-2H3. The van der Waals surface area contributed by atoms with Gasteiger partial charge in [0.05, 0.1) is 14.2 Å². The lowest BCUT2D eigenvalue weighted by atomic mass is 10.1. The van der Waals surface area contributed by atoms with Gasteiger partial charge in [0.1, 0.15) is 11.5 Å². The fourth-order valence-corrected chi connectivity index (χ4v) is 2.47. The number of hydrogen-bond donors (Lipinski definition) is 1. The molecule has 2 aromatic carbocycles. The van der Waals surface area contributed by atoms with Crippen molar-refractivity contribution in [2.24, 2.45) is 0 Å². The van der Waals surface area contributed by atoms with Crippen LogP contribution in [0.25, 0.3) is 22.2 Å². The van der Waals surface area contributed by atoms with E-state index in [0.717, 1.165) is 38.7 Å². The number of H-pyrrole nitrogens is 1. The molecule has 0 aliphatic rings. The molecule has 0 radical (unpaired) electrons. The van der Waals surface area contributed by atoms with E-state index in [4.69, 9.17) is 21.1 Å². The highest BCUT2D eigenvalue weighted by Gasteiger charge is 2.08. The Morgan fingerprint density at radius 1 is 0.950 bits per heavy atom. The molecule has 0 saturated carbocycles. The average Bonchev–Trinajstić information content (AvgIpc) is 2.92. The number of methoxy groups -OCH3 is 2. The summed E-state index contributed by atoms with van der Waals surface area (Å²) in [4.78, 5) is 3.36. The van der Waals surface area contributed by atoms with Crippen molar-refractivity contribution in [3.8, 4) is 22.8 Å². The molecule has 3 nitrogen and oxygen atoms in total. The molecule has 1 aromatic heterocycles. The Morgan fingerprint density at radius 3 is 2.25 bits per heavy atom. The largest absolute Gasteiger partial charge is 0.497 e. The summed E-state index contributed by atoms with van der Waals surface area (Å²) < 4.78 is 10.6. The van der Waals surface area contributed by atoms with Crippen LogP contribution < -0.4 is 9.47 Å². The maximum absolute atomic E-state index is 6.21. The van der Waals surface area contributed by atoms with Crippen LogP contribution in [0, 0.1) is 0 Å². The molecule has 4 heteroatoms. The van der Waals surface area contributed by atoms with Crippen LogP contribution in [-0.2, 0) is 0 Å². The number of halogens is 1. The van der Waals surface area contributed by atoms with Gasteiger partial charge in [-0.25, -0.2) is 0 Å².